The molecule has 0 saturated heterocycles. The van der Waals surface area contributed by atoms with Crippen molar-refractivity contribution in [1.82, 2.24) is 21.3 Å². The summed E-state index contributed by atoms with van der Waals surface area (Å²) in [7, 11) is 1.29. The normalized spacial score (nSPS) is 15.2. The van der Waals surface area contributed by atoms with Gasteiger partial charge in [0.15, 0.2) is 0 Å². The molecule has 0 aromatic heterocycles. The van der Waals surface area contributed by atoms with Gasteiger partial charge in [-0.3, -0.25) is 14.9 Å². The molecule has 0 fully saturated rings. The summed E-state index contributed by atoms with van der Waals surface area (Å²) >= 11 is 5.10. The molecule has 0 heterocycles. The number of nitrogens with one attached hydrogen (secondary N) is 4. The Morgan fingerprint density at radius 1 is 0.696 bits per heavy atom. The van der Waals surface area contributed by atoms with Crippen molar-refractivity contribution in [2.24, 2.45) is 17.8 Å². The average molecular weight is 789 g/mol. The number of hydrogen-bond acceptors (Lipinski definition) is 8. The van der Waals surface area contributed by atoms with Crippen molar-refractivity contribution in [2.75, 3.05) is 7.11 Å². The summed E-state index contributed by atoms with van der Waals surface area (Å²) in [6, 6.07) is 27.1. The summed E-state index contributed by atoms with van der Waals surface area (Å²) < 4.78 is 10.8. The molecule has 3 rings (SSSR count). The van der Waals surface area contributed by atoms with Crippen LogP contribution in [0.2, 0.25) is 0 Å². The highest BCUT2D eigenvalue weighted by molar-refractivity contribution is 7.81. The maximum absolute atomic E-state index is 14.3. The van der Waals surface area contributed by atoms with Gasteiger partial charge in [0, 0.05) is 5.41 Å². The summed E-state index contributed by atoms with van der Waals surface area (Å²) in [6.45, 7) is 17.0. The van der Waals surface area contributed by atoms with Crippen LogP contribution in [0.4, 0.5) is 4.79 Å². The van der Waals surface area contributed by atoms with Crippen LogP contribution in [0, 0.1) is 17.8 Å². The van der Waals surface area contributed by atoms with Crippen LogP contribution in [-0.2, 0) is 29.3 Å². The Kier molecular flexibility index (Phi) is 17.5. The minimum atomic E-state index is -0.925. The fourth-order valence-electron chi connectivity index (χ4n) is 6.96. The third kappa shape index (κ3) is 12.8. The van der Waals surface area contributed by atoms with E-state index in [4.69, 9.17) is 22.1 Å². The molecule has 0 spiro atoms. The summed E-state index contributed by atoms with van der Waals surface area (Å²) in [6.07, 6.45) is 0.704. The Morgan fingerprint density at radius 3 is 1.55 bits per heavy atom. The number of benzene rings is 3. The molecule has 56 heavy (non-hydrogen) atoms. The summed E-state index contributed by atoms with van der Waals surface area (Å²) in [5, 5.41) is 11.6. The van der Waals surface area contributed by atoms with Crippen LogP contribution in [0.5, 0.6) is 0 Å². The number of carbonyl (C=O) groups excluding carboxylic acids is 4. The van der Waals surface area contributed by atoms with Crippen molar-refractivity contribution in [3.63, 3.8) is 0 Å². The maximum Gasteiger partial charge on any atom is 0.407 e. The Labute approximate surface area is 340 Å². The fraction of sp³-hybridized carbons (Fsp3) is 0.511. The van der Waals surface area contributed by atoms with E-state index < -0.39 is 64.4 Å². The van der Waals surface area contributed by atoms with Crippen molar-refractivity contribution in [3.8, 4) is 0 Å². The van der Waals surface area contributed by atoms with E-state index in [0.717, 1.165) is 16.7 Å². The van der Waals surface area contributed by atoms with Gasteiger partial charge < -0.3 is 25.4 Å². The van der Waals surface area contributed by atoms with E-state index in [2.05, 4.69) is 57.7 Å². The van der Waals surface area contributed by atoms with Crippen molar-refractivity contribution in [3.05, 3.63) is 108 Å². The van der Waals surface area contributed by atoms with E-state index in [1.54, 1.807) is 20.8 Å². The van der Waals surface area contributed by atoms with E-state index in [1.165, 1.54) is 7.11 Å². The summed E-state index contributed by atoms with van der Waals surface area (Å²) in [4.78, 5) is 54.3. The topological polar surface area (TPSA) is 135 Å². The van der Waals surface area contributed by atoms with Gasteiger partial charge in [0.1, 0.15) is 17.7 Å². The first kappa shape index (κ1) is 46.0. The number of thiol groups is 1. The lowest BCUT2D eigenvalue weighted by Gasteiger charge is -2.41. The second-order valence-electron chi connectivity index (χ2n) is 16.4. The number of esters is 1. The first-order valence-electron chi connectivity index (χ1n) is 19.7. The molecule has 10 nitrogen and oxygen atoms in total. The monoisotopic (exact) mass is 788 g/mol. The smallest absolute Gasteiger partial charge is 0.407 e. The van der Waals surface area contributed by atoms with Crippen molar-refractivity contribution in [2.45, 2.75) is 122 Å². The van der Waals surface area contributed by atoms with E-state index in [1.807, 2.05) is 96.1 Å². The third-order valence-electron chi connectivity index (χ3n) is 10.0. The predicted molar refractivity (Wildman–Crippen MR) is 226 cm³/mol. The maximum atomic E-state index is 14.3. The largest absolute Gasteiger partial charge is 0.467 e. The van der Waals surface area contributed by atoms with Crippen LogP contribution < -0.4 is 21.3 Å². The summed E-state index contributed by atoms with van der Waals surface area (Å²) in [5.74, 6) is -1.79. The zero-order valence-corrected chi connectivity index (χ0v) is 35.7. The standard InChI is InChI=1S/C45H64N4O6S/c1-11-31(6)38(40(51)46-35(27-29(2)3)42(52)54-10)48-39(50)37(30(4)5)49-41(56)36(47-43(53)55-44(7,8)9)28-45(32-21-15-12-16-22-32,33-23-17-13-18-24-33)34-25-19-14-20-26-34/h12-26,29-31,35-38,41,49,56H,11,27-28H2,1-10H3,(H,46,51)(H,47,53)(H,48,50). The van der Waals surface area contributed by atoms with Gasteiger partial charge in [0.2, 0.25) is 11.8 Å². The molecule has 0 aliphatic heterocycles. The van der Waals surface area contributed by atoms with Crippen LogP contribution in [-0.4, -0.2) is 66.1 Å². The van der Waals surface area contributed by atoms with E-state index in [0.29, 0.717) is 19.3 Å². The Bertz CT molecular complexity index is 1590. The SMILES string of the molecule is CCC(C)C(NC(=O)C(NC(S)C(CC(c1ccccc1)(c1ccccc1)c1ccccc1)NC(=O)OC(C)(C)C)C(C)C)C(=O)NC(CC(C)C)C(=O)OC. The van der Waals surface area contributed by atoms with Crippen LogP contribution >= 0.6 is 12.6 Å². The van der Waals surface area contributed by atoms with Gasteiger partial charge in [0.25, 0.3) is 0 Å². The molecule has 0 aliphatic rings. The molecule has 4 N–H and O–H groups in total. The molecule has 3 aromatic rings. The highest BCUT2D eigenvalue weighted by Gasteiger charge is 2.42. The van der Waals surface area contributed by atoms with Gasteiger partial charge in [-0.2, -0.15) is 12.6 Å². The zero-order chi connectivity index (χ0) is 41.6. The molecule has 0 aliphatic carbocycles. The van der Waals surface area contributed by atoms with Gasteiger partial charge in [0.05, 0.1) is 24.6 Å². The average Bonchev–Trinajstić information content (AvgIpc) is 3.16. The molecular weight excluding hydrogens is 725 g/mol. The molecule has 3 amide bonds. The Morgan fingerprint density at radius 2 is 1.16 bits per heavy atom. The first-order chi connectivity index (χ1) is 26.4. The lowest BCUT2D eigenvalue weighted by molar-refractivity contribution is -0.146. The molecular formula is C45H64N4O6S. The summed E-state index contributed by atoms with van der Waals surface area (Å²) in [5.41, 5.74) is 1.50. The van der Waals surface area contributed by atoms with Crippen molar-refractivity contribution in [1.29, 1.82) is 0 Å². The van der Waals surface area contributed by atoms with E-state index >= 15 is 0 Å². The predicted octanol–water partition coefficient (Wildman–Crippen LogP) is 7.41. The number of amides is 3. The van der Waals surface area contributed by atoms with Gasteiger partial charge >= 0.3 is 12.1 Å². The van der Waals surface area contributed by atoms with Crippen molar-refractivity contribution >= 4 is 36.5 Å². The molecule has 306 valence electrons. The lowest BCUT2D eigenvalue weighted by atomic mass is 9.66. The number of methoxy groups -OCH3 is 1. The highest BCUT2D eigenvalue weighted by Crippen LogP contribution is 2.43. The fourth-order valence-corrected chi connectivity index (χ4v) is 7.30. The quantitative estimate of drug-likeness (QED) is 0.0370. The molecule has 0 bridgehead atoms. The number of rotatable bonds is 19. The molecule has 11 heteroatoms. The molecule has 6 unspecified atom stereocenters. The Hall–Kier alpha value is -4.35. The highest BCUT2D eigenvalue weighted by atomic mass is 32.1. The molecule has 0 saturated carbocycles. The van der Waals surface area contributed by atoms with Gasteiger partial charge in [-0.05, 0) is 68.1 Å². The number of ether oxygens (including phenoxy) is 2. The second kappa shape index (κ2) is 21.3. The van der Waals surface area contributed by atoms with Gasteiger partial charge in [-0.15, -0.1) is 0 Å². The molecule has 3 aromatic carbocycles. The van der Waals surface area contributed by atoms with Crippen molar-refractivity contribution < 1.29 is 28.7 Å². The van der Waals surface area contributed by atoms with Crippen LogP contribution in [0.1, 0.15) is 98.3 Å². The minimum absolute atomic E-state index is 0.115. The van der Waals surface area contributed by atoms with Crippen LogP contribution in [0.15, 0.2) is 91.0 Å². The van der Waals surface area contributed by atoms with Crippen LogP contribution in [0.3, 0.4) is 0 Å². The van der Waals surface area contributed by atoms with Crippen LogP contribution in [0.25, 0.3) is 0 Å². The lowest BCUT2D eigenvalue weighted by Crippen LogP contribution is -2.61. The number of hydrogen-bond donors (Lipinski definition) is 5. The number of carbonyl (C=O) groups is 4. The molecule has 0 radical (unpaired) electrons. The zero-order valence-electron chi connectivity index (χ0n) is 34.8. The van der Waals surface area contributed by atoms with Gasteiger partial charge in [-0.25, -0.2) is 9.59 Å². The first-order valence-corrected chi connectivity index (χ1v) is 20.2. The minimum Gasteiger partial charge on any atom is -0.467 e. The second-order valence-corrected chi connectivity index (χ2v) is 16.9. The Balaban J connectivity index is 2.07. The van der Waals surface area contributed by atoms with E-state index in [-0.39, 0.29) is 17.8 Å². The molecule has 6 atom stereocenters. The van der Waals surface area contributed by atoms with E-state index in [9.17, 15) is 19.2 Å². The third-order valence-corrected chi connectivity index (χ3v) is 10.5. The number of alkyl carbamates (subject to hydrolysis) is 1. The van der Waals surface area contributed by atoms with Gasteiger partial charge in [-0.1, -0.05) is 139 Å².